The molecule has 2 aliphatic carbocycles. The Balaban J connectivity index is 1.37. The fourth-order valence-electron chi connectivity index (χ4n) is 6.41. The van der Waals surface area contributed by atoms with Gasteiger partial charge >= 0.3 is 23.9 Å². The second-order valence-electron chi connectivity index (χ2n) is 10.2. The average molecular weight is 533 g/mol. The number of aliphatic hydroxyl groups excluding tert-OH is 1. The second-order valence-corrected chi connectivity index (χ2v) is 10.2. The number of likely N-dealkylation sites (N-methyl/N-ethyl adjacent to an activating group) is 1. The molecule has 1 spiro atoms. The first-order valence-corrected chi connectivity index (χ1v) is 12.1. The number of nitrogens with zero attached hydrogens (tertiary/aromatic N) is 1. The minimum Gasteiger partial charge on any atom is -0.504 e. The second kappa shape index (κ2) is 8.96. The van der Waals surface area contributed by atoms with Gasteiger partial charge in [-0.1, -0.05) is 6.07 Å². The standard InChI is InChI=1S/C25H27NO12/c1-26-7-6-24-19-11-2-3-12(27)20(19)38-21(24)14(4-5-25(24,35)16(26)8-11)37-23(34)13(28)9-18(31)36-15(22(32)33)10-17(29)30/h2-4,13,15-16,21,27-28,35H,5-10H2,1H3,(H,29,30)(H,32,33)/t13-,15+,16+,21-,24-,25+/m0/s1. The summed E-state index contributed by atoms with van der Waals surface area (Å²) in [5.41, 5.74) is -0.721. The zero-order chi connectivity index (χ0) is 27.6. The molecule has 0 unspecified atom stereocenters. The first-order valence-electron chi connectivity index (χ1n) is 12.1. The normalized spacial score (nSPS) is 30.2. The molecule has 13 heteroatoms. The summed E-state index contributed by atoms with van der Waals surface area (Å²) in [5, 5.41) is 50.6. The van der Waals surface area contributed by atoms with Gasteiger partial charge in [-0.25, -0.2) is 9.59 Å². The van der Waals surface area contributed by atoms with Crippen LogP contribution in [0.5, 0.6) is 11.5 Å². The van der Waals surface area contributed by atoms with Crippen molar-refractivity contribution in [1.82, 2.24) is 4.90 Å². The maximum atomic E-state index is 12.7. The summed E-state index contributed by atoms with van der Waals surface area (Å²) in [6.07, 6.45) is -4.42. The Bertz CT molecular complexity index is 1260. The lowest BCUT2D eigenvalue weighted by molar-refractivity contribution is -0.175. The molecule has 204 valence electrons. The number of aromatic hydroxyl groups is 1. The third-order valence-corrected chi connectivity index (χ3v) is 8.11. The number of hydrogen-bond donors (Lipinski definition) is 5. The van der Waals surface area contributed by atoms with Crippen molar-refractivity contribution in [2.24, 2.45) is 0 Å². The number of esters is 2. The van der Waals surface area contributed by atoms with Crippen LogP contribution in [0.2, 0.25) is 0 Å². The molecule has 0 radical (unpaired) electrons. The Labute approximate surface area is 215 Å². The Morgan fingerprint density at radius 3 is 2.63 bits per heavy atom. The van der Waals surface area contributed by atoms with Gasteiger partial charge in [-0.2, -0.15) is 0 Å². The van der Waals surface area contributed by atoms with Crippen molar-refractivity contribution in [1.29, 1.82) is 0 Å². The van der Waals surface area contributed by atoms with Crippen molar-refractivity contribution >= 4 is 23.9 Å². The van der Waals surface area contributed by atoms with Crippen LogP contribution in [0.15, 0.2) is 24.0 Å². The van der Waals surface area contributed by atoms with Gasteiger partial charge in [0.25, 0.3) is 0 Å². The lowest BCUT2D eigenvalue weighted by Crippen LogP contribution is -2.74. The minimum absolute atomic E-state index is 0.00753. The van der Waals surface area contributed by atoms with Crippen LogP contribution in [-0.2, 0) is 40.5 Å². The van der Waals surface area contributed by atoms with Crippen molar-refractivity contribution in [3.63, 3.8) is 0 Å². The van der Waals surface area contributed by atoms with E-state index in [2.05, 4.69) is 9.64 Å². The van der Waals surface area contributed by atoms with Gasteiger partial charge in [-0.05, 0) is 44.1 Å². The van der Waals surface area contributed by atoms with Crippen LogP contribution in [0.25, 0.3) is 0 Å². The van der Waals surface area contributed by atoms with Gasteiger partial charge in [0.1, 0.15) is 5.76 Å². The molecular weight excluding hydrogens is 506 g/mol. The summed E-state index contributed by atoms with van der Waals surface area (Å²) in [5.74, 6) is -5.66. The van der Waals surface area contributed by atoms with E-state index in [4.69, 9.17) is 19.7 Å². The molecule has 0 amide bonds. The smallest absolute Gasteiger partial charge is 0.345 e. The third-order valence-electron chi connectivity index (χ3n) is 8.11. The molecular formula is C25H27NO12. The van der Waals surface area contributed by atoms with E-state index < -0.39 is 66.0 Å². The van der Waals surface area contributed by atoms with Gasteiger partial charge in [0.15, 0.2) is 23.7 Å². The van der Waals surface area contributed by atoms with Crippen molar-refractivity contribution < 1.29 is 58.9 Å². The van der Waals surface area contributed by atoms with E-state index >= 15 is 0 Å². The van der Waals surface area contributed by atoms with E-state index in [1.807, 2.05) is 7.05 Å². The van der Waals surface area contributed by atoms with Gasteiger partial charge in [0.2, 0.25) is 6.10 Å². The van der Waals surface area contributed by atoms with E-state index in [0.29, 0.717) is 24.9 Å². The van der Waals surface area contributed by atoms with Gasteiger partial charge in [-0.15, -0.1) is 0 Å². The molecule has 13 nitrogen and oxygen atoms in total. The van der Waals surface area contributed by atoms with E-state index in [9.17, 15) is 34.5 Å². The molecule has 4 aliphatic rings. The number of carbonyl (C=O) groups excluding carboxylic acids is 2. The summed E-state index contributed by atoms with van der Waals surface area (Å²) in [6.45, 7) is 0.609. The first-order chi connectivity index (χ1) is 17.9. The monoisotopic (exact) mass is 533 g/mol. The number of phenols is 1. The SMILES string of the molecule is CN1CC[C@]23c4c5ccc(O)c4O[C@H]2C(OC(=O)[C@@H](O)CC(=O)O[C@H](CC(=O)O)C(=O)O)=CC[C@@]3(O)[C@H]1C5. The highest BCUT2D eigenvalue weighted by Crippen LogP contribution is 2.65. The summed E-state index contributed by atoms with van der Waals surface area (Å²) < 4.78 is 16.2. The molecule has 5 rings (SSSR count). The number of likely N-dealkylation sites (tertiary alicyclic amines) is 1. The molecule has 1 aromatic rings. The molecule has 38 heavy (non-hydrogen) atoms. The largest absolute Gasteiger partial charge is 0.504 e. The van der Waals surface area contributed by atoms with Crippen LogP contribution in [0.1, 0.15) is 36.8 Å². The summed E-state index contributed by atoms with van der Waals surface area (Å²) in [4.78, 5) is 48.8. The lowest BCUT2D eigenvalue weighted by Gasteiger charge is -2.61. The predicted molar refractivity (Wildman–Crippen MR) is 123 cm³/mol. The fourth-order valence-corrected chi connectivity index (χ4v) is 6.41. The van der Waals surface area contributed by atoms with Crippen molar-refractivity contribution in [2.75, 3.05) is 13.6 Å². The Hall–Kier alpha value is -3.68. The average Bonchev–Trinajstić information content (AvgIpc) is 3.20. The highest BCUT2D eigenvalue weighted by molar-refractivity contribution is 5.85. The highest BCUT2D eigenvalue weighted by atomic mass is 16.6. The summed E-state index contributed by atoms with van der Waals surface area (Å²) in [6, 6.07) is 3.05. The molecule has 2 bridgehead atoms. The maximum Gasteiger partial charge on any atom is 0.345 e. The minimum atomic E-state index is -2.05. The number of ether oxygens (including phenoxy) is 3. The van der Waals surface area contributed by atoms with Crippen LogP contribution in [0, 0.1) is 0 Å². The Kier molecular flexibility index (Phi) is 6.12. The number of benzene rings is 1. The lowest BCUT2D eigenvalue weighted by atomic mass is 9.50. The molecule has 0 aromatic heterocycles. The summed E-state index contributed by atoms with van der Waals surface area (Å²) in [7, 11) is 1.92. The molecule has 1 fully saturated rings. The third kappa shape index (κ3) is 3.72. The number of carbonyl (C=O) groups is 4. The number of carboxylic acids is 2. The first kappa shape index (κ1) is 25.9. The van der Waals surface area contributed by atoms with Crippen molar-refractivity contribution in [2.45, 2.75) is 67.5 Å². The van der Waals surface area contributed by atoms with Gasteiger partial charge in [-0.3, -0.25) is 9.59 Å². The van der Waals surface area contributed by atoms with Crippen molar-refractivity contribution in [3.05, 3.63) is 35.1 Å². The van der Waals surface area contributed by atoms with E-state index in [1.165, 1.54) is 12.1 Å². The van der Waals surface area contributed by atoms with Gasteiger partial charge < -0.3 is 44.6 Å². The van der Waals surface area contributed by atoms with Crippen LogP contribution in [0.4, 0.5) is 0 Å². The zero-order valence-corrected chi connectivity index (χ0v) is 20.3. The highest BCUT2D eigenvalue weighted by Gasteiger charge is 2.72. The molecule has 0 saturated carbocycles. The Morgan fingerprint density at radius 1 is 1.21 bits per heavy atom. The number of aliphatic carboxylic acids is 2. The van der Waals surface area contributed by atoms with Crippen LogP contribution >= 0.6 is 0 Å². The van der Waals surface area contributed by atoms with E-state index in [0.717, 1.165) is 5.56 Å². The van der Waals surface area contributed by atoms with Crippen LogP contribution in [0.3, 0.4) is 0 Å². The molecule has 1 aromatic carbocycles. The van der Waals surface area contributed by atoms with Crippen LogP contribution < -0.4 is 4.74 Å². The zero-order valence-electron chi connectivity index (χ0n) is 20.3. The van der Waals surface area contributed by atoms with E-state index in [1.54, 1.807) is 6.07 Å². The maximum absolute atomic E-state index is 12.7. The Morgan fingerprint density at radius 2 is 1.95 bits per heavy atom. The number of phenolic OH excluding ortho intramolecular Hbond substituents is 1. The summed E-state index contributed by atoms with van der Waals surface area (Å²) >= 11 is 0. The van der Waals surface area contributed by atoms with Gasteiger partial charge in [0, 0.05) is 18.0 Å². The molecule has 2 heterocycles. The fraction of sp³-hybridized carbons (Fsp3) is 0.520. The number of rotatable bonds is 8. The number of piperidine rings is 1. The predicted octanol–water partition coefficient (Wildman–Crippen LogP) is -0.565. The molecule has 5 N–H and O–H groups in total. The molecule has 1 saturated heterocycles. The van der Waals surface area contributed by atoms with E-state index in [-0.39, 0.29) is 29.7 Å². The van der Waals surface area contributed by atoms with Crippen molar-refractivity contribution in [3.8, 4) is 11.5 Å². The molecule has 6 atom stereocenters. The molecule has 2 aliphatic heterocycles. The topological polar surface area (TPSA) is 200 Å². The number of carboxylic acid groups (broad SMARTS) is 2. The van der Waals surface area contributed by atoms with Crippen LogP contribution in [-0.4, -0.2) is 97.9 Å². The number of aliphatic hydroxyl groups is 2. The number of hydrogen-bond acceptors (Lipinski definition) is 11. The van der Waals surface area contributed by atoms with Gasteiger partial charge in [0.05, 0.1) is 23.9 Å². The quantitative estimate of drug-likeness (QED) is 0.266.